The number of pyridine rings is 1. The third kappa shape index (κ3) is 4.54. The first-order chi connectivity index (χ1) is 16.1. The summed E-state index contributed by atoms with van der Waals surface area (Å²) in [7, 11) is -3.54. The molecule has 0 unspecified atom stereocenters. The van der Waals surface area contributed by atoms with Crippen molar-refractivity contribution in [2.24, 2.45) is 10.9 Å². The van der Waals surface area contributed by atoms with Crippen molar-refractivity contribution in [3.63, 3.8) is 0 Å². The van der Waals surface area contributed by atoms with E-state index in [-0.39, 0.29) is 23.0 Å². The van der Waals surface area contributed by atoms with E-state index in [0.29, 0.717) is 29.2 Å². The number of benzene rings is 1. The normalized spacial score (nSPS) is 15.2. The van der Waals surface area contributed by atoms with Crippen molar-refractivity contribution in [1.82, 2.24) is 9.97 Å². The highest BCUT2D eigenvalue weighted by Gasteiger charge is 2.30. The average Bonchev–Trinajstić information content (AvgIpc) is 3.47. The van der Waals surface area contributed by atoms with Gasteiger partial charge in [-0.2, -0.15) is 0 Å². The zero-order chi connectivity index (χ0) is 24.2. The Balaban J connectivity index is 1.55. The van der Waals surface area contributed by atoms with Gasteiger partial charge >= 0.3 is 0 Å². The number of sulfone groups is 1. The zero-order valence-corrected chi connectivity index (χ0v) is 21.2. The van der Waals surface area contributed by atoms with E-state index in [2.05, 4.69) is 15.3 Å². The van der Waals surface area contributed by atoms with Crippen LogP contribution in [0.2, 0.25) is 0 Å². The summed E-state index contributed by atoms with van der Waals surface area (Å²) in [4.78, 5) is 27.6. The zero-order valence-electron chi connectivity index (χ0n) is 19.6. The molecule has 7 nitrogen and oxygen atoms in total. The van der Waals surface area contributed by atoms with Crippen molar-refractivity contribution < 1.29 is 13.2 Å². The smallest absolute Gasteiger partial charge is 0.177 e. The highest BCUT2D eigenvalue weighted by atomic mass is 32.2. The molecule has 0 radical (unpaired) electrons. The average molecular weight is 495 g/mol. The van der Waals surface area contributed by atoms with Crippen molar-refractivity contribution in [3.8, 4) is 10.6 Å². The number of fused-ring (bicyclic) bond motifs is 1. The number of anilines is 2. The molecule has 5 rings (SSSR count). The summed E-state index contributed by atoms with van der Waals surface area (Å²) in [5, 5.41) is 4.09. The molecule has 1 aromatic carbocycles. The molecule has 176 valence electrons. The van der Waals surface area contributed by atoms with Gasteiger partial charge in [0.25, 0.3) is 0 Å². The number of hydrogen-bond donors (Lipinski definition) is 1. The van der Waals surface area contributed by atoms with Crippen LogP contribution in [0.3, 0.4) is 0 Å². The minimum atomic E-state index is -3.54. The minimum Gasteiger partial charge on any atom is -0.353 e. The van der Waals surface area contributed by atoms with E-state index in [1.165, 1.54) is 6.26 Å². The second-order valence-corrected chi connectivity index (χ2v) is 12.4. The second kappa shape index (κ2) is 8.39. The monoisotopic (exact) mass is 494 g/mol. The van der Waals surface area contributed by atoms with Crippen molar-refractivity contribution >= 4 is 49.7 Å². The number of ketones is 1. The maximum atomic E-state index is 12.7. The maximum absolute atomic E-state index is 12.7. The van der Waals surface area contributed by atoms with Gasteiger partial charge < -0.3 is 5.32 Å². The lowest BCUT2D eigenvalue weighted by Gasteiger charge is -2.15. The first kappa shape index (κ1) is 22.9. The summed E-state index contributed by atoms with van der Waals surface area (Å²) >= 11 is 1.54. The van der Waals surface area contributed by atoms with Gasteiger partial charge in [0.1, 0.15) is 16.5 Å². The SMILES string of the molecule is CC1=Nc2c(Nc3ccc(-c4nc(C)c(C)s4)cc3S(C)(=O)=O)cc(CC(=O)C3CC3)nc2C1. The molecule has 0 bridgehead atoms. The fraction of sp³-hybridized carbons (Fsp3) is 0.360. The molecular formula is C25H26N4O3S2. The van der Waals surface area contributed by atoms with Crippen LogP contribution in [0.5, 0.6) is 0 Å². The van der Waals surface area contributed by atoms with Gasteiger partial charge in [-0.15, -0.1) is 11.3 Å². The molecule has 2 aromatic heterocycles. The van der Waals surface area contributed by atoms with E-state index in [1.54, 1.807) is 23.5 Å². The van der Waals surface area contributed by atoms with Crippen LogP contribution < -0.4 is 5.32 Å². The van der Waals surface area contributed by atoms with E-state index in [4.69, 9.17) is 4.98 Å². The van der Waals surface area contributed by atoms with Crippen LogP contribution in [0.25, 0.3) is 10.6 Å². The van der Waals surface area contributed by atoms with E-state index in [1.807, 2.05) is 32.9 Å². The molecule has 34 heavy (non-hydrogen) atoms. The summed E-state index contributed by atoms with van der Waals surface area (Å²) in [5.41, 5.74) is 5.97. The third-order valence-electron chi connectivity index (χ3n) is 6.16. The second-order valence-electron chi connectivity index (χ2n) is 9.17. The Morgan fingerprint density at radius 1 is 1.12 bits per heavy atom. The number of carbonyl (C=O) groups excluding carboxylic acids is 1. The molecule has 1 fully saturated rings. The van der Waals surface area contributed by atoms with E-state index in [9.17, 15) is 13.2 Å². The van der Waals surface area contributed by atoms with Crippen molar-refractivity contribution in [2.45, 2.75) is 51.3 Å². The molecule has 1 aliphatic carbocycles. The molecule has 3 heterocycles. The predicted octanol–water partition coefficient (Wildman–Crippen LogP) is 5.14. The van der Waals surface area contributed by atoms with Crippen LogP contribution in [-0.2, 0) is 27.5 Å². The first-order valence-corrected chi connectivity index (χ1v) is 13.9. The van der Waals surface area contributed by atoms with Gasteiger partial charge in [0.15, 0.2) is 9.84 Å². The highest BCUT2D eigenvalue weighted by molar-refractivity contribution is 7.90. The Hall–Kier alpha value is -2.91. The van der Waals surface area contributed by atoms with Gasteiger partial charge in [-0.25, -0.2) is 13.4 Å². The molecule has 0 atom stereocenters. The van der Waals surface area contributed by atoms with Gasteiger partial charge in [0.05, 0.1) is 33.4 Å². The number of aromatic nitrogens is 2. The number of aliphatic imine (C=N–C) groups is 1. The molecule has 1 aliphatic heterocycles. The Morgan fingerprint density at radius 2 is 1.88 bits per heavy atom. The lowest BCUT2D eigenvalue weighted by Crippen LogP contribution is -2.09. The fourth-order valence-corrected chi connectivity index (χ4v) is 5.86. The van der Waals surface area contributed by atoms with Gasteiger partial charge in [-0.05, 0) is 57.9 Å². The molecule has 0 spiro atoms. The summed E-state index contributed by atoms with van der Waals surface area (Å²) < 4.78 is 25.5. The molecule has 3 aromatic rings. The molecule has 2 aliphatic rings. The highest BCUT2D eigenvalue weighted by Crippen LogP contribution is 2.39. The molecular weight excluding hydrogens is 468 g/mol. The first-order valence-electron chi connectivity index (χ1n) is 11.2. The van der Waals surface area contributed by atoms with Gasteiger partial charge in [0, 0.05) is 41.2 Å². The Labute approximate surface area is 203 Å². The third-order valence-corrected chi connectivity index (χ3v) is 8.42. The van der Waals surface area contributed by atoms with Crippen LogP contribution in [-0.4, -0.2) is 36.1 Å². The Morgan fingerprint density at radius 3 is 2.53 bits per heavy atom. The summed E-state index contributed by atoms with van der Waals surface area (Å²) in [6.45, 7) is 5.89. The Bertz CT molecular complexity index is 1450. The lowest BCUT2D eigenvalue weighted by molar-refractivity contribution is -0.119. The van der Waals surface area contributed by atoms with E-state index < -0.39 is 9.84 Å². The summed E-state index contributed by atoms with van der Waals surface area (Å²) in [5.74, 6) is 0.371. The van der Waals surface area contributed by atoms with Crippen LogP contribution in [0, 0.1) is 19.8 Å². The number of Topliss-reactive ketones (excluding diaryl/α,β-unsaturated/α-hetero) is 1. The molecule has 1 saturated carbocycles. The van der Waals surface area contributed by atoms with Gasteiger partial charge in [-0.1, -0.05) is 0 Å². The topological polar surface area (TPSA) is 101 Å². The maximum Gasteiger partial charge on any atom is 0.177 e. The molecule has 0 saturated heterocycles. The number of thiazole rings is 1. The predicted molar refractivity (Wildman–Crippen MR) is 136 cm³/mol. The number of hydrogen-bond acceptors (Lipinski definition) is 8. The van der Waals surface area contributed by atoms with Crippen molar-refractivity contribution in [2.75, 3.05) is 11.6 Å². The largest absolute Gasteiger partial charge is 0.353 e. The fourth-order valence-electron chi connectivity index (χ4n) is 4.09. The van der Waals surface area contributed by atoms with Crippen LogP contribution in [0.4, 0.5) is 17.1 Å². The summed E-state index contributed by atoms with van der Waals surface area (Å²) in [6.07, 6.45) is 4.02. The Kier molecular flexibility index (Phi) is 5.64. The van der Waals surface area contributed by atoms with Gasteiger partial charge in [-0.3, -0.25) is 14.8 Å². The van der Waals surface area contributed by atoms with Crippen LogP contribution in [0.1, 0.15) is 41.7 Å². The van der Waals surface area contributed by atoms with Crippen LogP contribution >= 0.6 is 11.3 Å². The molecule has 9 heteroatoms. The van der Waals surface area contributed by atoms with Crippen molar-refractivity contribution in [3.05, 3.63) is 46.2 Å². The summed E-state index contributed by atoms with van der Waals surface area (Å²) in [6, 6.07) is 7.14. The lowest BCUT2D eigenvalue weighted by atomic mass is 10.1. The number of aryl methyl sites for hydroxylation is 2. The molecule has 1 N–H and O–H groups in total. The van der Waals surface area contributed by atoms with Gasteiger partial charge in [0.2, 0.25) is 0 Å². The van der Waals surface area contributed by atoms with Crippen LogP contribution in [0.15, 0.2) is 34.2 Å². The van der Waals surface area contributed by atoms with E-state index >= 15 is 0 Å². The quantitative estimate of drug-likeness (QED) is 0.488. The number of nitrogens with zero attached hydrogens (tertiary/aromatic N) is 3. The minimum absolute atomic E-state index is 0.159. The van der Waals surface area contributed by atoms with E-state index in [0.717, 1.165) is 45.4 Å². The molecule has 0 amide bonds. The van der Waals surface area contributed by atoms with Crippen molar-refractivity contribution in [1.29, 1.82) is 0 Å². The standard InChI is InChI=1S/C25H26N4O3S2/c1-13-9-20-24(26-13)21(11-18(28-20)12-22(30)16-5-6-16)29-19-8-7-17(10-23(19)34(4,31)32)25-27-14(2)15(3)33-25/h7-8,10-11,16H,5-6,9,12H2,1-4H3,(H,28,29). The number of rotatable bonds is 7. The number of carbonyl (C=O) groups is 1. The number of nitrogens with one attached hydrogen (secondary N) is 1.